The van der Waals surface area contributed by atoms with Gasteiger partial charge in [0, 0.05) is 10.9 Å². The van der Waals surface area contributed by atoms with Crippen LogP contribution in [0, 0.1) is 11.8 Å². The molecule has 1 aliphatic rings. The average Bonchev–Trinajstić information content (AvgIpc) is 3.21. The lowest BCUT2D eigenvalue weighted by molar-refractivity contribution is -0.151. The third-order valence-corrected chi connectivity index (χ3v) is 7.03. The summed E-state index contributed by atoms with van der Waals surface area (Å²) >= 11 is 1.39. The zero-order chi connectivity index (χ0) is 24.0. The van der Waals surface area contributed by atoms with Crippen LogP contribution in [0.25, 0.3) is 22.0 Å². The van der Waals surface area contributed by atoms with Crippen LogP contribution >= 0.6 is 11.3 Å². The lowest BCUT2D eigenvalue weighted by atomic mass is 9.89. The highest BCUT2D eigenvalue weighted by Crippen LogP contribution is 2.30. The number of aromatic nitrogens is 1. The standard InChI is InChI=1S/C29H26N2O3S/c32-27(24-13-5-2-6-14-25(24)28(33)34-18-20-9-3-1-4-10-20)31-29-30-26(19-35-29)23-16-15-21-11-7-8-12-22(21)17-23/h1,3-4,6-12,14-17,19,24-25H,2,5,13,18H2,(H,30,31,32)/t24-,25?/m1/s1. The Hall–Kier alpha value is -3.77. The monoisotopic (exact) mass is 482 g/mol. The predicted molar refractivity (Wildman–Crippen MR) is 140 cm³/mol. The number of carbonyl (C=O) groups excluding carboxylic acids is 2. The molecule has 0 aliphatic heterocycles. The number of hydrogen-bond acceptors (Lipinski definition) is 5. The van der Waals surface area contributed by atoms with Gasteiger partial charge in [0.25, 0.3) is 0 Å². The van der Waals surface area contributed by atoms with Gasteiger partial charge < -0.3 is 10.1 Å². The van der Waals surface area contributed by atoms with Crippen molar-refractivity contribution in [2.75, 3.05) is 5.32 Å². The summed E-state index contributed by atoms with van der Waals surface area (Å²) in [4.78, 5) is 30.8. The van der Waals surface area contributed by atoms with E-state index in [0.717, 1.165) is 35.0 Å². The highest BCUT2D eigenvalue weighted by Gasteiger charge is 2.34. The van der Waals surface area contributed by atoms with Crippen molar-refractivity contribution in [1.82, 2.24) is 4.98 Å². The van der Waals surface area contributed by atoms with Crippen LogP contribution in [0.5, 0.6) is 0 Å². The summed E-state index contributed by atoms with van der Waals surface area (Å²) in [6.07, 6.45) is 6.11. The number of anilines is 1. The molecule has 0 bridgehead atoms. The van der Waals surface area contributed by atoms with Crippen LogP contribution in [0.2, 0.25) is 0 Å². The zero-order valence-corrected chi connectivity index (χ0v) is 20.0. The van der Waals surface area contributed by atoms with E-state index in [1.165, 1.54) is 16.7 Å². The molecular weight excluding hydrogens is 456 g/mol. The molecule has 0 saturated heterocycles. The Morgan fingerprint density at radius 3 is 2.66 bits per heavy atom. The molecule has 1 aromatic heterocycles. The van der Waals surface area contributed by atoms with Gasteiger partial charge in [-0.05, 0) is 41.7 Å². The number of esters is 1. The van der Waals surface area contributed by atoms with E-state index in [-0.39, 0.29) is 18.5 Å². The van der Waals surface area contributed by atoms with Gasteiger partial charge in [-0.1, -0.05) is 78.9 Å². The minimum atomic E-state index is -0.610. The molecule has 1 amide bonds. The molecule has 2 atom stereocenters. The van der Waals surface area contributed by atoms with E-state index in [9.17, 15) is 9.59 Å². The predicted octanol–water partition coefficient (Wildman–Crippen LogP) is 6.62. The van der Waals surface area contributed by atoms with Gasteiger partial charge in [-0.3, -0.25) is 9.59 Å². The van der Waals surface area contributed by atoms with E-state index in [2.05, 4.69) is 34.6 Å². The fourth-order valence-electron chi connectivity index (χ4n) is 4.38. The fraction of sp³-hybridized carbons (Fsp3) is 0.207. The third-order valence-electron chi connectivity index (χ3n) is 6.28. The molecule has 1 heterocycles. The summed E-state index contributed by atoms with van der Waals surface area (Å²) in [6, 6.07) is 24.0. The van der Waals surface area contributed by atoms with Crippen LogP contribution in [-0.4, -0.2) is 16.9 Å². The number of hydrogen-bond donors (Lipinski definition) is 1. The molecule has 176 valence electrons. The van der Waals surface area contributed by atoms with Gasteiger partial charge >= 0.3 is 5.97 Å². The smallest absolute Gasteiger partial charge is 0.313 e. The van der Waals surface area contributed by atoms with Crippen molar-refractivity contribution in [2.45, 2.75) is 25.9 Å². The van der Waals surface area contributed by atoms with Crippen LogP contribution in [0.15, 0.2) is 90.3 Å². The lowest BCUT2D eigenvalue weighted by Gasteiger charge is -2.21. The van der Waals surface area contributed by atoms with E-state index >= 15 is 0 Å². The van der Waals surface area contributed by atoms with Crippen molar-refractivity contribution in [3.05, 3.63) is 95.9 Å². The normalized spacial score (nSPS) is 17.6. The molecule has 6 heteroatoms. The Morgan fingerprint density at radius 1 is 1.00 bits per heavy atom. The molecule has 1 aliphatic carbocycles. The zero-order valence-electron chi connectivity index (χ0n) is 19.2. The molecule has 0 saturated carbocycles. The van der Waals surface area contributed by atoms with Gasteiger partial charge in [0.2, 0.25) is 5.91 Å². The summed E-state index contributed by atoms with van der Waals surface area (Å²) in [5.74, 6) is -1.67. The van der Waals surface area contributed by atoms with Gasteiger partial charge in [-0.15, -0.1) is 11.3 Å². The number of fused-ring (bicyclic) bond motifs is 1. The number of allylic oxidation sites excluding steroid dienone is 1. The van der Waals surface area contributed by atoms with Crippen molar-refractivity contribution in [2.24, 2.45) is 11.8 Å². The van der Waals surface area contributed by atoms with E-state index in [1.807, 2.05) is 66.1 Å². The SMILES string of the molecule is O=C(OCc1ccccc1)C1C=CCCC[C@H]1C(=O)Nc1nc(-c2ccc3ccccc3c2)cs1. The highest BCUT2D eigenvalue weighted by molar-refractivity contribution is 7.14. The fourth-order valence-corrected chi connectivity index (χ4v) is 5.11. The van der Waals surface area contributed by atoms with Crippen molar-refractivity contribution in [1.29, 1.82) is 0 Å². The maximum Gasteiger partial charge on any atom is 0.313 e. The summed E-state index contributed by atoms with van der Waals surface area (Å²) in [5, 5.41) is 7.74. The van der Waals surface area contributed by atoms with Gasteiger partial charge in [0.1, 0.15) is 6.61 Å². The molecular formula is C29H26N2O3S. The Kier molecular flexibility index (Phi) is 7.00. The Morgan fingerprint density at radius 2 is 1.80 bits per heavy atom. The number of amides is 1. The van der Waals surface area contributed by atoms with Crippen molar-refractivity contribution < 1.29 is 14.3 Å². The Bertz CT molecular complexity index is 1360. The first-order chi connectivity index (χ1) is 17.2. The number of ether oxygens (including phenoxy) is 1. The highest BCUT2D eigenvalue weighted by atomic mass is 32.1. The van der Waals surface area contributed by atoms with E-state index in [0.29, 0.717) is 11.6 Å². The van der Waals surface area contributed by atoms with E-state index in [4.69, 9.17) is 4.74 Å². The molecule has 1 unspecified atom stereocenters. The lowest BCUT2D eigenvalue weighted by Crippen LogP contribution is -2.33. The first-order valence-electron chi connectivity index (χ1n) is 11.8. The quantitative estimate of drug-likeness (QED) is 0.248. The number of thiazole rings is 1. The minimum Gasteiger partial charge on any atom is -0.460 e. The van der Waals surface area contributed by atoms with E-state index in [1.54, 1.807) is 0 Å². The van der Waals surface area contributed by atoms with Gasteiger partial charge in [-0.25, -0.2) is 4.98 Å². The average molecular weight is 483 g/mol. The van der Waals surface area contributed by atoms with E-state index < -0.39 is 11.8 Å². The molecule has 35 heavy (non-hydrogen) atoms. The van der Waals surface area contributed by atoms with Crippen LogP contribution in [0.4, 0.5) is 5.13 Å². The van der Waals surface area contributed by atoms with Crippen LogP contribution < -0.4 is 5.32 Å². The maximum atomic E-state index is 13.2. The third kappa shape index (κ3) is 5.49. The van der Waals surface area contributed by atoms with Gasteiger partial charge in [-0.2, -0.15) is 0 Å². The summed E-state index contributed by atoms with van der Waals surface area (Å²) in [7, 11) is 0. The topological polar surface area (TPSA) is 68.3 Å². The second-order valence-electron chi connectivity index (χ2n) is 8.67. The molecule has 0 spiro atoms. The first kappa shape index (κ1) is 23.0. The Balaban J connectivity index is 1.28. The van der Waals surface area contributed by atoms with Crippen molar-refractivity contribution in [3.63, 3.8) is 0 Å². The summed E-state index contributed by atoms with van der Waals surface area (Å²) in [6.45, 7) is 0.194. The molecule has 3 aromatic carbocycles. The van der Waals surface area contributed by atoms with Crippen LogP contribution in [0.1, 0.15) is 24.8 Å². The molecule has 5 nitrogen and oxygen atoms in total. The van der Waals surface area contributed by atoms with Crippen molar-refractivity contribution >= 4 is 39.1 Å². The van der Waals surface area contributed by atoms with Crippen LogP contribution in [-0.2, 0) is 20.9 Å². The summed E-state index contributed by atoms with van der Waals surface area (Å²) < 4.78 is 5.57. The minimum absolute atomic E-state index is 0.194. The largest absolute Gasteiger partial charge is 0.460 e. The van der Waals surface area contributed by atoms with Gasteiger partial charge in [0.05, 0.1) is 17.5 Å². The number of carbonyl (C=O) groups is 2. The molecule has 0 fully saturated rings. The second kappa shape index (κ2) is 10.7. The molecule has 4 aromatic rings. The maximum absolute atomic E-state index is 13.2. The Labute approximate surface area is 208 Å². The van der Waals surface area contributed by atoms with Crippen LogP contribution in [0.3, 0.4) is 0 Å². The summed E-state index contributed by atoms with van der Waals surface area (Å²) in [5.41, 5.74) is 2.74. The number of benzene rings is 3. The molecule has 1 N–H and O–H groups in total. The molecule has 0 radical (unpaired) electrons. The first-order valence-corrected chi connectivity index (χ1v) is 12.7. The molecule has 5 rings (SSSR count). The second-order valence-corrected chi connectivity index (χ2v) is 9.53. The number of nitrogens with zero attached hydrogens (tertiary/aromatic N) is 1. The van der Waals surface area contributed by atoms with Crippen molar-refractivity contribution in [3.8, 4) is 11.3 Å². The number of nitrogens with one attached hydrogen (secondary N) is 1. The van der Waals surface area contributed by atoms with Gasteiger partial charge in [0.15, 0.2) is 5.13 Å². The number of rotatable bonds is 6.